The molecule has 0 radical (unpaired) electrons. The predicted molar refractivity (Wildman–Crippen MR) is 123 cm³/mol. The van der Waals surface area contributed by atoms with Crippen LogP contribution in [0.4, 0.5) is 4.79 Å². The minimum absolute atomic E-state index is 0.103. The molecule has 3 heterocycles. The Kier molecular flexibility index (Phi) is 5.19. The number of carbonyl (C=O) groups excluding carboxylic acids is 2. The zero-order valence-electron chi connectivity index (χ0n) is 19.4. The number of Topliss-reactive ketones (excluding diaryl/α,β-unsaturated/α-hetero) is 1. The molecule has 1 amide bonds. The number of rotatable bonds is 2. The Bertz CT molecular complexity index is 1350. The van der Waals surface area contributed by atoms with E-state index in [9.17, 15) is 14.4 Å². The summed E-state index contributed by atoms with van der Waals surface area (Å²) in [7, 11) is 1.72. The first-order valence-corrected chi connectivity index (χ1v) is 10.7. The lowest BCUT2D eigenvalue weighted by Gasteiger charge is -2.29. The van der Waals surface area contributed by atoms with E-state index in [1.165, 1.54) is 6.92 Å². The van der Waals surface area contributed by atoms with Crippen molar-refractivity contribution in [1.82, 2.24) is 18.9 Å². The lowest BCUT2D eigenvalue weighted by molar-refractivity contribution is 0.0270. The molecule has 0 bridgehead atoms. The minimum Gasteiger partial charge on any atom is -0.444 e. The van der Waals surface area contributed by atoms with Gasteiger partial charge in [-0.3, -0.25) is 18.6 Å². The number of amides is 1. The molecule has 1 aliphatic heterocycles. The Labute approximate surface area is 186 Å². The summed E-state index contributed by atoms with van der Waals surface area (Å²) >= 11 is 0. The Morgan fingerprint density at radius 3 is 2.50 bits per heavy atom. The van der Waals surface area contributed by atoms with Gasteiger partial charge in [0.15, 0.2) is 5.78 Å². The first-order chi connectivity index (χ1) is 15.0. The fourth-order valence-electron chi connectivity index (χ4n) is 4.18. The molecule has 0 aliphatic carbocycles. The second-order valence-corrected chi connectivity index (χ2v) is 9.32. The number of hydrogen-bond acceptors (Lipinski definition) is 5. The number of ketones is 1. The third-order valence-electron chi connectivity index (χ3n) is 5.63. The molecular weight excluding hydrogens is 408 g/mol. The highest BCUT2D eigenvalue weighted by Gasteiger charge is 2.26. The molecule has 0 N–H and O–H groups in total. The van der Waals surface area contributed by atoms with E-state index in [2.05, 4.69) is 4.98 Å². The molecule has 0 unspecified atom stereocenters. The number of fused-ring (bicyclic) bond motifs is 3. The molecular formula is C24H28N4O4. The lowest BCUT2D eigenvalue weighted by atomic mass is 10.0. The Morgan fingerprint density at radius 2 is 1.91 bits per heavy atom. The van der Waals surface area contributed by atoms with Crippen molar-refractivity contribution in [2.24, 2.45) is 7.05 Å². The molecule has 0 atom stereocenters. The molecule has 0 saturated heterocycles. The highest BCUT2D eigenvalue weighted by Crippen LogP contribution is 2.28. The van der Waals surface area contributed by atoms with Crippen LogP contribution in [0.5, 0.6) is 0 Å². The summed E-state index contributed by atoms with van der Waals surface area (Å²) in [6, 6.07) is 3.61. The molecule has 4 rings (SSSR count). The number of ether oxygens (including phenoxy) is 1. The average molecular weight is 437 g/mol. The van der Waals surface area contributed by atoms with Gasteiger partial charge in [-0.2, -0.15) is 0 Å². The van der Waals surface area contributed by atoms with E-state index in [4.69, 9.17) is 4.74 Å². The molecule has 8 heteroatoms. The van der Waals surface area contributed by atoms with Crippen LogP contribution in [0.2, 0.25) is 0 Å². The number of aromatic nitrogens is 3. The van der Waals surface area contributed by atoms with Crippen molar-refractivity contribution in [3.05, 3.63) is 51.7 Å². The number of hydrogen-bond donors (Lipinski definition) is 0. The van der Waals surface area contributed by atoms with Crippen LogP contribution in [-0.2, 0) is 11.8 Å². The van der Waals surface area contributed by atoms with Crippen molar-refractivity contribution in [3.63, 3.8) is 0 Å². The van der Waals surface area contributed by atoms with Crippen molar-refractivity contribution >= 4 is 34.0 Å². The number of imidazole rings is 1. The summed E-state index contributed by atoms with van der Waals surface area (Å²) < 4.78 is 8.86. The second kappa shape index (κ2) is 7.62. The van der Waals surface area contributed by atoms with Crippen LogP contribution in [-0.4, -0.2) is 49.4 Å². The number of nitrogens with zero attached hydrogens (tertiary/aromatic N) is 4. The maximum Gasteiger partial charge on any atom is 0.410 e. The van der Waals surface area contributed by atoms with Gasteiger partial charge in [0.05, 0.1) is 10.9 Å². The number of benzene rings is 1. The monoisotopic (exact) mass is 436 g/mol. The van der Waals surface area contributed by atoms with Crippen LogP contribution >= 0.6 is 0 Å². The normalized spacial score (nSPS) is 14.7. The quantitative estimate of drug-likeness (QED) is 0.572. The van der Waals surface area contributed by atoms with Gasteiger partial charge >= 0.3 is 6.09 Å². The van der Waals surface area contributed by atoms with Crippen LogP contribution in [0.15, 0.2) is 29.3 Å². The third kappa shape index (κ3) is 3.70. The third-order valence-corrected chi connectivity index (χ3v) is 5.63. The Balaban J connectivity index is 1.82. The van der Waals surface area contributed by atoms with Gasteiger partial charge in [0.1, 0.15) is 23.3 Å². The number of carbonyl (C=O) groups is 2. The van der Waals surface area contributed by atoms with E-state index >= 15 is 0 Å². The standard InChI is InChI=1S/C24H28N4O4/c1-14-11-17(15(2)29)20-18(12-14)22(30)26(6)21-19(25-13-28(20)21)16-7-9-27(10-8-16)23(31)32-24(3,4)5/h7,11-13H,8-10H2,1-6H3. The SMILES string of the molecule is CC(=O)c1cc(C)cc2c(=O)n(C)c3c(C4=CCN(C(=O)OC(C)(C)C)CC4)ncn3c12. The zero-order chi connectivity index (χ0) is 23.4. The average Bonchev–Trinajstić information content (AvgIpc) is 3.15. The van der Waals surface area contributed by atoms with E-state index in [-0.39, 0.29) is 17.4 Å². The van der Waals surface area contributed by atoms with Crippen molar-refractivity contribution in [2.45, 2.75) is 46.6 Å². The van der Waals surface area contributed by atoms with Gasteiger partial charge in [-0.05, 0) is 64.3 Å². The van der Waals surface area contributed by atoms with Crippen molar-refractivity contribution in [1.29, 1.82) is 0 Å². The van der Waals surface area contributed by atoms with Gasteiger partial charge in [0.25, 0.3) is 5.56 Å². The molecule has 0 fully saturated rings. The zero-order valence-corrected chi connectivity index (χ0v) is 19.4. The van der Waals surface area contributed by atoms with E-state index in [1.807, 2.05) is 50.3 Å². The van der Waals surface area contributed by atoms with Crippen LogP contribution in [0.3, 0.4) is 0 Å². The largest absolute Gasteiger partial charge is 0.444 e. The molecule has 0 spiro atoms. The summed E-state index contributed by atoms with van der Waals surface area (Å²) in [4.78, 5) is 44.2. The fraction of sp³-hybridized carbons (Fsp3) is 0.417. The van der Waals surface area contributed by atoms with Crippen molar-refractivity contribution < 1.29 is 14.3 Å². The fourth-order valence-corrected chi connectivity index (χ4v) is 4.18. The smallest absolute Gasteiger partial charge is 0.410 e. The summed E-state index contributed by atoms with van der Waals surface area (Å²) in [6.07, 6.45) is 3.86. The summed E-state index contributed by atoms with van der Waals surface area (Å²) in [5.41, 5.74) is 3.48. The van der Waals surface area contributed by atoms with Gasteiger partial charge in [-0.25, -0.2) is 9.78 Å². The Hall–Kier alpha value is -3.42. The lowest BCUT2D eigenvalue weighted by Crippen LogP contribution is -2.39. The van der Waals surface area contributed by atoms with E-state index in [0.717, 1.165) is 11.1 Å². The summed E-state index contributed by atoms with van der Waals surface area (Å²) in [5.74, 6) is -0.103. The molecule has 32 heavy (non-hydrogen) atoms. The van der Waals surface area contributed by atoms with Gasteiger partial charge < -0.3 is 9.64 Å². The van der Waals surface area contributed by atoms with Crippen LogP contribution < -0.4 is 5.56 Å². The Morgan fingerprint density at radius 1 is 1.19 bits per heavy atom. The van der Waals surface area contributed by atoms with E-state index < -0.39 is 5.60 Å². The molecule has 8 nitrogen and oxygen atoms in total. The molecule has 1 aliphatic rings. The minimum atomic E-state index is -0.548. The molecule has 168 valence electrons. The second-order valence-electron chi connectivity index (χ2n) is 9.32. The first kappa shape index (κ1) is 21.8. The van der Waals surface area contributed by atoms with Crippen LogP contribution in [0.25, 0.3) is 22.1 Å². The van der Waals surface area contributed by atoms with Gasteiger partial charge in [-0.15, -0.1) is 0 Å². The molecule has 0 saturated carbocycles. The number of aryl methyl sites for hydroxylation is 2. The van der Waals surface area contributed by atoms with Gasteiger partial charge in [0, 0.05) is 25.7 Å². The van der Waals surface area contributed by atoms with E-state index in [1.54, 1.807) is 22.8 Å². The highest BCUT2D eigenvalue weighted by atomic mass is 16.6. The topological polar surface area (TPSA) is 85.9 Å². The van der Waals surface area contributed by atoms with Gasteiger partial charge in [0.2, 0.25) is 0 Å². The summed E-state index contributed by atoms with van der Waals surface area (Å²) in [6.45, 7) is 9.81. The molecule has 2 aromatic heterocycles. The summed E-state index contributed by atoms with van der Waals surface area (Å²) in [5, 5.41) is 0.489. The maximum atomic E-state index is 13.2. The van der Waals surface area contributed by atoms with Crippen molar-refractivity contribution in [2.75, 3.05) is 13.1 Å². The maximum absolute atomic E-state index is 13.2. The van der Waals surface area contributed by atoms with Crippen LogP contribution in [0.1, 0.15) is 55.7 Å². The molecule has 1 aromatic carbocycles. The van der Waals surface area contributed by atoms with Crippen molar-refractivity contribution in [3.8, 4) is 0 Å². The molecule has 3 aromatic rings. The first-order valence-electron chi connectivity index (χ1n) is 10.7. The van der Waals surface area contributed by atoms with Gasteiger partial charge in [-0.1, -0.05) is 6.08 Å². The highest BCUT2D eigenvalue weighted by molar-refractivity contribution is 6.06. The van der Waals surface area contributed by atoms with E-state index in [0.29, 0.717) is 47.3 Å². The van der Waals surface area contributed by atoms with Crippen LogP contribution in [0, 0.1) is 6.92 Å². The predicted octanol–water partition coefficient (Wildman–Crippen LogP) is 3.72.